The predicted molar refractivity (Wildman–Crippen MR) is 242 cm³/mol. The first-order valence-corrected chi connectivity index (χ1v) is 22.7. The fourth-order valence-corrected chi connectivity index (χ4v) is 9.14. The zero-order valence-electron chi connectivity index (χ0n) is 37.2. The van der Waals surface area contributed by atoms with Gasteiger partial charge in [0.2, 0.25) is 17.5 Å². The molecule has 4 heterocycles. The Labute approximate surface area is 377 Å². The van der Waals surface area contributed by atoms with Crippen molar-refractivity contribution in [3.8, 4) is 22.5 Å². The molecule has 3 aliphatic rings. The molecule has 0 spiro atoms. The van der Waals surface area contributed by atoms with E-state index >= 15 is 0 Å². The third-order valence-corrected chi connectivity index (χ3v) is 12.7. The second kappa shape index (κ2) is 19.8. The topological polar surface area (TPSA) is 192 Å². The first kappa shape index (κ1) is 45.3. The number of carbonyl (C=O) groups is 4. The van der Waals surface area contributed by atoms with Crippen LogP contribution in [0.25, 0.3) is 33.6 Å². The Hall–Kier alpha value is -6.32. The van der Waals surface area contributed by atoms with Gasteiger partial charge in [-0.15, -0.1) is 0 Å². The van der Waals surface area contributed by atoms with Gasteiger partial charge in [0.05, 0.1) is 11.5 Å². The van der Waals surface area contributed by atoms with Gasteiger partial charge in [-0.1, -0.05) is 106 Å². The lowest BCUT2D eigenvalue weighted by atomic mass is 9.98. The Morgan fingerprint density at radius 1 is 0.908 bits per heavy atom. The first-order valence-electron chi connectivity index (χ1n) is 22.7. The summed E-state index contributed by atoms with van der Waals surface area (Å²) in [7, 11) is 0. The number of aliphatic hydroxyl groups is 1. The summed E-state index contributed by atoms with van der Waals surface area (Å²) < 4.78 is 24.4. The number of carbonyl (C=O) groups excluding carboxylic acids is 4. The highest BCUT2D eigenvalue weighted by atomic mass is 16.6. The van der Waals surface area contributed by atoms with Crippen LogP contribution in [0.1, 0.15) is 95.1 Å². The monoisotopic (exact) mass is 887 g/mol. The van der Waals surface area contributed by atoms with Gasteiger partial charge in [-0.3, -0.25) is 14.2 Å². The molecule has 15 heteroatoms. The number of likely N-dealkylation sites (tertiary alicyclic amines) is 1. The number of furan rings is 1. The third kappa shape index (κ3) is 9.86. The van der Waals surface area contributed by atoms with E-state index in [1.165, 1.54) is 28.4 Å². The number of hydrogen-bond donors (Lipinski definition) is 3. The van der Waals surface area contributed by atoms with Crippen LogP contribution in [-0.4, -0.2) is 93.5 Å². The Kier molecular flexibility index (Phi) is 13.8. The van der Waals surface area contributed by atoms with E-state index in [-0.39, 0.29) is 37.2 Å². The van der Waals surface area contributed by atoms with Crippen LogP contribution in [0.2, 0.25) is 0 Å². The summed E-state index contributed by atoms with van der Waals surface area (Å²) in [4.78, 5) is 72.6. The quantitative estimate of drug-likeness (QED) is 0.0711. The summed E-state index contributed by atoms with van der Waals surface area (Å²) in [6, 6.07) is 23.0. The molecule has 3 N–H and O–H groups in total. The molecular formula is C50H57N5O10. The minimum absolute atomic E-state index is 0.0465. The largest absolute Gasteiger partial charge is 0.461 e. The lowest BCUT2D eigenvalue weighted by Gasteiger charge is -2.30. The zero-order chi connectivity index (χ0) is 45.8. The smallest absolute Gasteiger partial charge is 0.407 e. The number of hydrogen-bond acceptors (Lipinski definition) is 11. The van der Waals surface area contributed by atoms with Gasteiger partial charge in [0, 0.05) is 30.6 Å². The lowest BCUT2D eigenvalue weighted by Crippen LogP contribution is -2.56. The summed E-state index contributed by atoms with van der Waals surface area (Å²) in [5, 5.41) is 16.9. The van der Waals surface area contributed by atoms with E-state index in [0.717, 1.165) is 47.1 Å². The Bertz CT molecular complexity index is 2540. The molecule has 15 nitrogen and oxygen atoms in total. The number of nitrogens with zero attached hydrogens (tertiary/aromatic N) is 3. The van der Waals surface area contributed by atoms with Gasteiger partial charge >= 0.3 is 17.8 Å². The number of unbranched alkanes of at least 4 members (excludes halogenated alkanes) is 2. The van der Waals surface area contributed by atoms with Gasteiger partial charge in [0.25, 0.3) is 0 Å². The third-order valence-electron chi connectivity index (χ3n) is 12.7. The Morgan fingerprint density at radius 2 is 1.62 bits per heavy atom. The molecule has 6 atom stereocenters. The van der Waals surface area contributed by atoms with Crippen molar-refractivity contribution in [3.63, 3.8) is 0 Å². The van der Waals surface area contributed by atoms with E-state index in [1.54, 1.807) is 26.1 Å². The van der Waals surface area contributed by atoms with Crippen LogP contribution in [0.4, 0.5) is 4.79 Å². The van der Waals surface area contributed by atoms with E-state index < -0.39 is 66.1 Å². The average Bonchev–Trinajstić information content (AvgIpc) is 4.11. The van der Waals surface area contributed by atoms with E-state index in [2.05, 4.69) is 46.8 Å². The zero-order valence-corrected chi connectivity index (χ0v) is 37.2. The van der Waals surface area contributed by atoms with E-state index in [1.807, 2.05) is 48.5 Å². The van der Waals surface area contributed by atoms with Gasteiger partial charge in [-0.2, -0.15) is 4.98 Å². The van der Waals surface area contributed by atoms with Crippen molar-refractivity contribution in [3.05, 3.63) is 112 Å². The van der Waals surface area contributed by atoms with Crippen LogP contribution in [0, 0.1) is 5.92 Å². The van der Waals surface area contributed by atoms with Crippen LogP contribution in [0.15, 0.2) is 94.3 Å². The van der Waals surface area contributed by atoms with Crippen LogP contribution in [0.3, 0.4) is 0 Å². The highest BCUT2D eigenvalue weighted by Crippen LogP contribution is 2.44. The van der Waals surface area contributed by atoms with E-state index in [0.29, 0.717) is 30.5 Å². The maximum Gasteiger partial charge on any atom is 0.407 e. The summed E-state index contributed by atoms with van der Waals surface area (Å²) in [5.74, 6) is -1.63. The minimum Gasteiger partial charge on any atom is -0.461 e. The minimum atomic E-state index is -1.10. The van der Waals surface area contributed by atoms with Gasteiger partial charge in [-0.25, -0.2) is 14.4 Å². The molecule has 8 rings (SSSR count). The highest BCUT2D eigenvalue weighted by Gasteiger charge is 2.41. The average molecular weight is 888 g/mol. The van der Waals surface area contributed by atoms with Gasteiger partial charge in [0.15, 0.2) is 0 Å². The highest BCUT2D eigenvalue weighted by molar-refractivity contribution is 5.93. The van der Waals surface area contributed by atoms with Crippen LogP contribution in [0.5, 0.6) is 0 Å². The number of rotatable bonds is 16. The Morgan fingerprint density at radius 3 is 2.31 bits per heavy atom. The molecule has 1 aliphatic carbocycles. The molecule has 65 heavy (non-hydrogen) atoms. The van der Waals surface area contributed by atoms with E-state index in [9.17, 15) is 29.1 Å². The second-order valence-electron chi connectivity index (χ2n) is 17.6. The van der Waals surface area contributed by atoms with Crippen molar-refractivity contribution >= 4 is 35.0 Å². The molecule has 2 fully saturated rings. The van der Waals surface area contributed by atoms with Gasteiger partial charge < -0.3 is 39.3 Å². The number of aryl methyl sites for hydroxylation is 1. The summed E-state index contributed by atoms with van der Waals surface area (Å²) >= 11 is 0. The molecule has 3 amide bonds. The number of amides is 3. The molecule has 5 aromatic rings. The van der Waals surface area contributed by atoms with Crippen LogP contribution >= 0.6 is 0 Å². The second-order valence-corrected chi connectivity index (χ2v) is 17.6. The normalized spacial score (nSPS) is 20.1. The molecule has 2 aromatic heterocycles. The van der Waals surface area contributed by atoms with Crippen molar-refractivity contribution in [1.29, 1.82) is 0 Å². The molecule has 0 unspecified atom stereocenters. The molecular weight excluding hydrogens is 831 g/mol. The summed E-state index contributed by atoms with van der Waals surface area (Å²) in [6.07, 6.45) is 3.41. The molecule has 2 saturated heterocycles. The number of esters is 1. The van der Waals surface area contributed by atoms with Crippen molar-refractivity contribution in [1.82, 2.24) is 25.1 Å². The fraction of sp³-hybridized carbons (Fsp3) is 0.440. The number of aliphatic hydroxyl groups excluding tert-OH is 1. The van der Waals surface area contributed by atoms with E-state index in [4.69, 9.17) is 18.6 Å². The van der Waals surface area contributed by atoms with Crippen molar-refractivity contribution in [2.24, 2.45) is 5.92 Å². The summed E-state index contributed by atoms with van der Waals surface area (Å²) in [5.41, 5.74) is 6.01. The number of ether oxygens (including phenoxy) is 3. The fourth-order valence-electron chi connectivity index (χ4n) is 9.14. The predicted octanol–water partition coefficient (Wildman–Crippen LogP) is 6.64. The van der Waals surface area contributed by atoms with Gasteiger partial charge in [0.1, 0.15) is 49.4 Å². The van der Waals surface area contributed by atoms with Crippen LogP contribution in [-0.2, 0) is 35.0 Å². The number of fused-ring (bicyclic) bond motifs is 4. The lowest BCUT2D eigenvalue weighted by molar-refractivity contribution is -0.154. The number of aromatic nitrogens is 2. The van der Waals surface area contributed by atoms with Gasteiger partial charge in [-0.05, 0) is 72.4 Å². The van der Waals surface area contributed by atoms with Crippen molar-refractivity contribution in [2.45, 2.75) is 115 Å². The SMILES string of the molecule is CCCCCc1ccc(-c2cc3cn([C@H]4C[C@H](O)[C@@H](COC(=O)[C@H](C)NC(=O)[C@@H]5CCCN5C(=O)[C@@H](NC(=O)OCC5c6ccccc6-c6ccccc65)C(C)C)O4)c(=O)nc3o2)cc1. The maximum absolute atomic E-state index is 14.0. The number of alkyl carbamates (subject to hydrolysis) is 1. The van der Waals surface area contributed by atoms with Crippen molar-refractivity contribution in [2.75, 3.05) is 19.8 Å². The standard InChI is InChI=1S/C50H57N5O10/c1-5-6-7-13-31-19-21-32(22-20-31)41-24-33-26-55(49(60)53-46(33)65-41)43-25-40(56)42(64-43)28-62-48(59)30(4)51-45(57)39-18-12-23-54(39)47(58)44(29(2)3)52-50(61)63-27-38-36-16-10-8-14-34(36)35-15-9-11-17-37(35)38/h8-11,14-17,19-22,24,26,29-30,38-40,42-44,56H,5-7,12-13,18,23,25,27-28H2,1-4H3,(H,51,57)(H,52,61)/t30-,39-,40-,42+,43+,44-/m0/s1. The molecule has 0 bridgehead atoms. The molecule has 0 radical (unpaired) electrons. The molecule has 2 aliphatic heterocycles. The first-order chi connectivity index (χ1) is 31.4. The number of benzene rings is 3. The van der Waals surface area contributed by atoms with Crippen molar-refractivity contribution < 1.29 is 42.9 Å². The maximum atomic E-state index is 14.0. The molecule has 0 saturated carbocycles. The van der Waals surface area contributed by atoms with Crippen LogP contribution < -0.4 is 16.3 Å². The molecule has 342 valence electrons. The summed E-state index contributed by atoms with van der Waals surface area (Å²) in [6.45, 7) is 7.30. The Balaban J connectivity index is 0.820. The molecule has 3 aromatic carbocycles. The number of nitrogens with one attached hydrogen (secondary N) is 2.